The Kier molecular flexibility index (Phi) is 3.60. The van der Waals surface area contributed by atoms with Crippen LogP contribution in [0.1, 0.15) is 6.92 Å². The van der Waals surface area contributed by atoms with E-state index in [9.17, 15) is 0 Å². The van der Waals surface area contributed by atoms with Gasteiger partial charge in [-0.3, -0.25) is 0 Å². The van der Waals surface area contributed by atoms with Gasteiger partial charge < -0.3 is 10.1 Å². The molecule has 0 saturated carbocycles. The Morgan fingerprint density at radius 2 is 2.00 bits per heavy atom. The quantitative estimate of drug-likeness (QED) is 0.872. The summed E-state index contributed by atoms with van der Waals surface area (Å²) < 4.78 is 5.21. The van der Waals surface area contributed by atoms with E-state index in [-0.39, 0.29) is 0 Å². The van der Waals surface area contributed by atoms with Gasteiger partial charge in [0.1, 0.15) is 11.6 Å². The zero-order valence-electron chi connectivity index (χ0n) is 10.1. The number of anilines is 1. The number of pyridine rings is 1. The lowest BCUT2D eigenvalue weighted by atomic mass is 10.1. The molecule has 1 aromatic heterocycles. The second-order valence-corrected chi connectivity index (χ2v) is 3.67. The number of hydrogen-bond donors (Lipinski definition) is 1. The van der Waals surface area contributed by atoms with E-state index < -0.39 is 0 Å². The van der Waals surface area contributed by atoms with Gasteiger partial charge in [-0.05, 0) is 31.2 Å². The number of aromatic nitrogens is 1. The maximum atomic E-state index is 5.21. The molecule has 1 heterocycles. The van der Waals surface area contributed by atoms with Crippen molar-refractivity contribution in [2.45, 2.75) is 6.92 Å². The molecule has 88 valence electrons. The number of nitrogens with zero attached hydrogens (tertiary/aromatic N) is 1. The molecule has 0 spiro atoms. The number of nitrogens with one attached hydrogen (secondary N) is 1. The van der Waals surface area contributed by atoms with Gasteiger partial charge in [0, 0.05) is 12.1 Å². The van der Waals surface area contributed by atoms with Gasteiger partial charge in [0.25, 0.3) is 0 Å². The van der Waals surface area contributed by atoms with Crippen molar-refractivity contribution in [3.63, 3.8) is 0 Å². The molecule has 1 aromatic carbocycles. The van der Waals surface area contributed by atoms with E-state index >= 15 is 0 Å². The van der Waals surface area contributed by atoms with Crippen molar-refractivity contribution >= 4 is 5.82 Å². The van der Waals surface area contributed by atoms with Crippen LogP contribution in [0.25, 0.3) is 11.3 Å². The standard InChI is InChI=1S/C14H16N2O/c1-3-15-14-9-5-8-13(16-14)11-6-4-7-12(10-11)17-2/h4-10H,3H2,1-2H3,(H,15,16). The molecule has 0 aliphatic heterocycles. The fraction of sp³-hybridized carbons (Fsp3) is 0.214. The summed E-state index contributed by atoms with van der Waals surface area (Å²) in [7, 11) is 1.67. The summed E-state index contributed by atoms with van der Waals surface area (Å²) in [5, 5.41) is 3.20. The summed E-state index contributed by atoms with van der Waals surface area (Å²) >= 11 is 0. The number of methoxy groups -OCH3 is 1. The first kappa shape index (κ1) is 11.5. The third-order valence-corrected chi connectivity index (χ3v) is 2.47. The maximum absolute atomic E-state index is 5.21. The minimum absolute atomic E-state index is 0.846. The average Bonchev–Trinajstić information content (AvgIpc) is 2.40. The van der Waals surface area contributed by atoms with E-state index in [0.29, 0.717) is 0 Å². The van der Waals surface area contributed by atoms with Gasteiger partial charge in [0.2, 0.25) is 0 Å². The van der Waals surface area contributed by atoms with Gasteiger partial charge in [-0.2, -0.15) is 0 Å². The van der Waals surface area contributed by atoms with Crippen LogP contribution in [0.5, 0.6) is 5.75 Å². The Balaban J connectivity index is 2.34. The second kappa shape index (κ2) is 5.34. The lowest BCUT2D eigenvalue weighted by Gasteiger charge is -2.06. The van der Waals surface area contributed by atoms with Crippen molar-refractivity contribution in [3.05, 3.63) is 42.5 Å². The molecule has 3 heteroatoms. The highest BCUT2D eigenvalue weighted by molar-refractivity contribution is 5.63. The highest BCUT2D eigenvalue weighted by Crippen LogP contribution is 2.23. The van der Waals surface area contributed by atoms with Crippen LogP contribution in [0.15, 0.2) is 42.5 Å². The normalized spacial score (nSPS) is 10.0. The molecular formula is C14H16N2O. The molecule has 0 unspecified atom stereocenters. The first-order valence-electron chi connectivity index (χ1n) is 5.69. The van der Waals surface area contributed by atoms with Gasteiger partial charge in [-0.15, -0.1) is 0 Å². The minimum atomic E-state index is 0.846. The highest BCUT2D eigenvalue weighted by atomic mass is 16.5. The molecule has 0 fully saturated rings. The van der Waals surface area contributed by atoms with Crippen LogP contribution in [0.3, 0.4) is 0 Å². The van der Waals surface area contributed by atoms with Crippen LogP contribution in [0.2, 0.25) is 0 Å². The van der Waals surface area contributed by atoms with Crippen molar-refractivity contribution < 1.29 is 4.74 Å². The Labute approximate surface area is 101 Å². The molecule has 0 radical (unpaired) electrons. The molecule has 0 atom stereocenters. The molecule has 2 aromatic rings. The number of benzene rings is 1. The van der Waals surface area contributed by atoms with Crippen LogP contribution >= 0.6 is 0 Å². The molecule has 0 bridgehead atoms. The average molecular weight is 228 g/mol. The van der Waals surface area contributed by atoms with E-state index in [1.54, 1.807) is 7.11 Å². The minimum Gasteiger partial charge on any atom is -0.497 e. The van der Waals surface area contributed by atoms with Crippen LogP contribution < -0.4 is 10.1 Å². The van der Waals surface area contributed by atoms with E-state index in [1.807, 2.05) is 42.5 Å². The van der Waals surface area contributed by atoms with Crippen LogP contribution in [0.4, 0.5) is 5.82 Å². The van der Waals surface area contributed by atoms with Crippen LogP contribution in [0, 0.1) is 0 Å². The SMILES string of the molecule is CCNc1cccc(-c2cccc(OC)c2)n1. The topological polar surface area (TPSA) is 34.1 Å². The monoisotopic (exact) mass is 228 g/mol. The van der Waals surface area contributed by atoms with Gasteiger partial charge in [0.15, 0.2) is 0 Å². The number of rotatable bonds is 4. The molecule has 1 N–H and O–H groups in total. The lowest BCUT2D eigenvalue weighted by Crippen LogP contribution is -1.99. The van der Waals surface area contributed by atoms with Crippen molar-refractivity contribution in [2.24, 2.45) is 0 Å². The van der Waals surface area contributed by atoms with Crippen molar-refractivity contribution in [1.82, 2.24) is 4.98 Å². The highest BCUT2D eigenvalue weighted by Gasteiger charge is 2.01. The Morgan fingerprint density at radius 3 is 2.76 bits per heavy atom. The summed E-state index contributed by atoms with van der Waals surface area (Å²) in [6.45, 7) is 2.93. The fourth-order valence-corrected chi connectivity index (χ4v) is 1.66. The summed E-state index contributed by atoms with van der Waals surface area (Å²) in [4.78, 5) is 4.54. The predicted molar refractivity (Wildman–Crippen MR) is 70.4 cm³/mol. The zero-order chi connectivity index (χ0) is 12.1. The van der Waals surface area contributed by atoms with Crippen LogP contribution in [-0.4, -0.2) is 18.6 Å². The van der Waals surface area contributed by atoms with Crippen molar-refractivity contribution in [3.8, 4) is 17.0 Å². The molecule has 0 aliphatic carbocycles. The third kappa shape index (κ3) is 2.75. The van der Waals surface area contributed by atoms with Crippen LogP contribution in [-0.2, 0) is 0 Å². The third-order valence-electron chi connectivity index (χ3n) is 2.47. The summed E-state index contributed by atoms with van der Waals surface area (Å²) in [6, 6.07) is 13.9. The zero-order valence-corrected chi connectivity index (χ0v) is 10.1. The Morgan fingerprint density at radius 1 is 1.18 bits per heavy atom. The van der Waals surface area contributed by atoms with E-state index in [2.05, 4.69) is 17.2 Å². The summed E-state index contributed by atoms with van der Waals surface area (Å²) in [5.41, 5.74) is 2.01. The van der Waals surface area contributed by atoms with Crippen molar-refractivity contribution in [2.75, 3.05) is 19.0 Å². The lowest BCUT2D eigenvalue weighted by molar-refractivity contribution is 0.415. The first-order chi connectivity index (χ1) is 8.33. The van der Waals surface area contributed by atoms with Gasteiger partial charge >= 0.3 is 0 Å². The van der Waals surface area contributed by atoms with E-state index in [0.717, 1.165) is 29.4 Å². The fourth-order valence-electron chi connectivity index (χ4n) is 1.66. The molecule has 17 heavy (non-hydrogen) atoms. The molecule has 2 rings (SSSR count). The molecule has 0 amide bonds. The van der Waals surface area contributed by atoms with E-state index in [1.165, 1.54) is 0 Å². The molecule has 0 saturated heterocycles. The number of hydrogen-bond acceptors (Lipinski definition) is 3. The largest absolute Gasteiger partial charge is 0.497 e. The van der Waals surface area contributed by atoms with E-state index in [4.69, 9.17) is 4.74 Å². The predicted octanol–water partition coefficient (Wildman–Crippen LogP) is 3.19. The summed E-state index contributed by atoms with van der Waals surface area (Å²) in [6.07, 6.45) is 0. The van der Waals surface area contributed by atoms with Gasteiger partial charge in [-0.1, -0.05) is 18.2 Å². The molecule has 3 nitrogen and oxygen atoms in total. The molecular weight excluding hydrogens is 212 g/mol. The Bertz CT molecular complexity index is 497. The van der Waals surface area contributed by atoms with Gasteiger partial charge in [0.05, 0.1) is 12.8 Å². The second-order valence-electron chi connectivity index (χ2n) is 3.67. The van der Waals surface area contributed by atoms with Gasteiger partial charge in [-0.25, -0.2) is 4.98 Å². The maximum Gasteiger partial charge on any atom is 0.126 e. The van der Waals surface area contributed by atoms with Crippen molar-refractivity contribution in [1.29, 1.82) is 0 Å². The Hall–Kier alpha value is -2.03. The molecule has 0 aliphatic rings. The number of ether oxygens (including phenoxy) is 1. The summed E-state index contributed by atoms with van der Waals surface area (Å²) in [5.74, 6) is 1.74. The first-order valence-corrected chi connectivity index (χ1v) is 5.69. The smallest absolute Gasteiger partial charge is 0.126 e.